The minimum Gasteiger partial charge on any atom is -0.322 e. The van der Waals surface area contributed by atoms with E-state index in [9.17, 15) is 4.79 Å². The monoisotopic (exact) mass is 435 g/mol. The summed E-state index contributed by atoms with van der Waals surface area (Å²) < 4.78 is 2.42. The molecule has 0 saturated heterocycles. The Morgan fingerprint density at radius 3 is 2.75 bits per heavy atom. The zero-order valence-electron chi connectivity index (χ0n) is 14.2. The average molecular weight is 435 g/mol. The second kappa shape index (κ2) is 5.86. The topological polar surface area (TPSA) is 46.9 Å². The highest BCUT2D eigenvalue weighted by molar-refractivity contribution is 14.1. The van der Waals surface area contributed by atoms with Crippen LogP contribution in [-0.4, -0.2) is 15.7 Å². The Bertz CT molecular complexity index is 811. The van der Waals surface area contributed by atoms with E-state index < -0.39 is 0 Å². The molecule has 4 nitrogen and oxygen atoms in total. The van der Waals surface area contributed by atoms with E-state index in [1.165, 1.54) is 24.0 Å². The van der Waals surface area contributed by atoms with Crippen LogP contribution in [-0.2, 0) is 7.05 Å². The Morgan fingerprint density at radius 1 is 1.33 bits per heavy atom. The zero-order valence-corrected chi connectivity index (χ0v) is 16.4. The molecule has 1 heterocycles. The fourth-order valence-corrected chi connectivity index (χ4v) is 5.61. The number of anilines is 1. The summed E-state index contributed by atoms with van der Waals surface area (Å²) in [6.07, 6.45) is 4.32. The van der Waals surface area contributed by atoms with Gasteiger partial charge in [-0.05, 0) is 76.3 Å². The molecule has 2 bridgehead atoms. The van der Waals surface area contributed by atoms with Gasteiger partial charge in [0.2, 0.25) is 0 Å². The van der Waals surface area contributed by atoms with E-state index in [4.69, 9.17) is 0 Å². The van der Waals surface area contributed by atoms with Crippen molar-refractivity contribution < 1.29 is 4.79 Å². The van der Waals surface area contributed by atoms with Crippen LogP contribution >= 0.6 is 22.6 Å². The first-order valence-electron chi connectivity index (χ1n) is 8.60. The lowest BCUT2D eigenvalue weighted by molar-refractivity contribution is 0.102. The van der Waals surface area contributed by atoms with Crippen molar-refractivity contribution in [3.63, 3.8) is 0 Å². The molecule has 2 aromatic rings. The molecule has 1 fully saturated rings. The van der Waals surface area contributed by atoms with Crippen LogP contribution in [0.3, 0.4) is 0 Å². The van der Waals surface area contributed by atoms with E-state index in [1.54, 1.807) is 10.9 Å². The summed E-state index contributed by atoms with van der Waals surface area (Å²) in [6.45, 7) is 4.66. The van der Waals surface area contributed by atoms with E-state index >= 15 is 0 Å². The Morgan fingerprint density at radius 2 is 2.08 bits per heavy atom. The number of fused-ring (bicyclic) bond motifs is 5. The van der Waals surface area contributed by atoms with Gasteiger partial charge in [0.1, 0.15) is 3.70 Å². The van der Waals surface area contributed by atoms with Gasteiger partial charge in [-0.25, -0.2) is 0 Å². The summed E-state index contributed by atoms with van der Waals surface area (Å²) in [5.74, 6) is 2.59. The molecular weight excluding hydrogens is 413 g/mol. The average Bonchev–Trinajstić information content (AvgIpc) is 3.19. The standard InChI is InChI=1S/C19H22IN3O/c1-10(2)16-12-7-8-13(16)17-11(12)5-4-6-15(17)21-19(24)14-9-23(3)22-18(14)20/h4-6,9-10,12-13,16H,7-8H2,1-3H3,(H,21,24). The quantitative estimate of drug-likeness (QED) is 0.721. The highest BCUT2D eigenvalue weighted by Gasteiger charge is 2.47. The Balaban J connectivity index is 1.68. The summed E-state index contributed by atoms with van der Waals surface area (Å²) in [7, 11) is 1.84. The second-order valence-corrected chi connectivity index (χ2v) is 8.40. The van der Waals surface area contributed by atoms with Crippen LogP contribution in [0.2, 0.25) is 0 Å². The molecule has 1 aromatic heterocycles. The SMILES string of the molecule is CC(C)C1C2CCC1c1c(NC(=O)c3cn(C)nc3I)cccc12. The zero-order chi connectivity index (χ0) is 17.0. The van der Waals surface area contributed by atoms with E-state index in [1.807, 2.05) is 7.05 Å². The van der Waals surface area contributed by atoms with Gasteiger partial charge < -0.3 is 5.32 Å². The molecule has 0 spiro atoms. The highest BCUT2D eigenvalue weighted by atomic mass is 127. The minimum absolute atomic E-state index is 0.0650. The maximum Gasteiger partial charge on any atom is 0.259 e. The lowest BCUT2D eigenvalue weighted by atomic mass is 9.85. The van der Waals surface area contributed by atoms with Crippen molar-refractivity contribution in [2.24, 2.45) is 18.9 Å². The number of aryl methyl sites for hydroxylation is 1. The van der Waals surface area contributed by atoms with E-state index in [2.05, 4.69) is 65.1 Å². The number of carbonyl (C=O) groups excluding carboxylic acids is 1. The second-order valence-electron chi connectivity index (χ2n) is 7.38. The first-order valence-corrected chi connectivity index (χ1v) is 9.68. The number of amides is 1. The van der Waals surface area contributed by atoms with Crippen LogP contribution in [0.5, 0.6) is 0 Å². The van der Waals surface area contributed by atoms with Crippen LogP contribution in [0.1, 0.15) is 60.0 Å². The van der Waals surface area contributed by atoms with Gasteiger partial charge in [-0.3, -0.25) is 9.48 Å². The van der Waals surface area contributed by atoms with Gasteiger partial charge in [-0.15, -0.1) is 0 Å². The molecule has 1 aromatic carbocycles. The van der Waals surface area contributed by atoms with Gasteiger partial charge in [0.15, 0.2) is 0 Å². The normalized spacial score (nSPS) is 24.5. The van der Waals surface area contributed by atoms with Gasteiger partial charge in [-0.1, -0.05) is 26.0 Å². The Hall–Kier alpha value is -1.37. The van der Waals surface area contributed by atoms with Gasteiger partial charge in [0, 0.05) is 18.9 Å². The van der Waals surface area contributed by atoms with Crippen molar-refractivity contribution in [1.29, 1.82) is 0 Å². The van der Waals surface area contributed by atoms with Gasteiger partial charge >= 0.3 is 0 Å². The maximum atomic E-state index is 12.7. The summed E-state index contributed by atoms with van der Waals surface area (Å²) in [5, 5.41) is 7.42. The van der Waals surface area contributed by atoms with Crippen molar-refractivity contribution in [3.8, 4) is 0 Å². The predicted octanol–water partition coefficient (Wildman–Crippen LogP) is 4.52. The molecule has 1 amide bonds. The molecule has 5 heteroatoms. The molecule has 0 aliphatic heterocycles. The summed E-state index contributed by atoms with van der Waals surface area (Å²) in [6, 6.07) is 6.40. The third-order valence-electron chi connectivity index (χ3n) is 5.67. The maximum absolute atomic E-state index is 12.7. The predicted molar refractivity (Wildman–Crippen MR) is 103 cm³/mol. The van der Waals surface area contributed by atoms with Crippen molar-refractivity contribution in [1.82, 2.24) is 9.78 Å². The Kier molecular flexibility index (Phi) is 3.94. The Labute approximate surface area is 156 Å². The van der Waals surface area contributed by atoms with Crippen molar-refractivity contribution >= 4 is 34.2 Å². The molecule has 1 N–H and O–H groups in total. The fraction of sp³-hybridized carbons (Fsp3) is 0.474. The van der Waals surface area contributed by atoms with Gasteiger partial charge in [0.25, 0.3) is 5.91 Å². The number of benzene rings is 1. The first-order chi connectivity index (χ1) is 11.5. The van der Waals surface area contributed by atoms with Gasteiger partial charge in [0.05, 0.1) is 5.56 Å². The van der Waals surface area contributed by atoms with Crippen LogP contribution in [0.4, 0.5) is 5.69 Å². The van der Waals surface area contributed by atoms with Gasteiger partial charge in [-0.2, -0.15) is 5.10 Å². The summed E-state index contributed by atoms with van der Waals surface area (Å²) in [4.78, 5) is 12.7. The number of halogens is 1. The number of nitrogens with one attached hydrogen (secondary N) is 1. The number of rotatable bonds is 3. The van der Waals surface area contributed by atoms with E-state index in [0.29, 0.717) is 23.3 Å². The smallest absolute Gasteiger partial charge is 0.259 e. The summed E-state index contributed by atoms with van der Waals surface area (Å²) in [5.41, 5.74) is 4.48. The van der Waals surface area contributed by atoms with Crippen LogP contribution < -0.4 is 5.32 Å². The van der Waals surface area contributed by atoms with E-state index in [0.717, 1.165) is 15.3 Å². The highest BCUT2D eigenvalue weighted by Crippen LogP contribution is 2.61. The number of nitrogens with zero attached hydrogens (tertiary/aromatic N) is 2. The number of aromatic nitrogens is 2. The lowest BCUT2D eigenvalue weighted by Gasteiger charge is -2.21. The largest absolute Gasteiger partial charge is 0.322 e. The van der Waals surface area contributed by atoms with Crippen molar-refractivity contribution in [2.75, 3.05) is 5.32 Å². The van der Waals surface area contributed by atoms with E-state index in [-0.39, 0.29) is 5.91 Å². The van der Waals surface area contributed by atoms with Crippen LogP contribution in [0.15, 0.2) is 24.4 Å². The number of hydrogen-bond acceptors (Lipinski definition) is 2. The molecule has 126 valence electrons. The van der Waals surface area contributed by atoms with Crippen LogP contribution in [0.25, 0.3) is 0 Å². The molecule has 24 heavy (non-hydrogen) atoms. The molecule has 3 atom stereocenters. The molecule has 1 saturated carbocycles. The fourth-order valence-electron chi connectivity index (χ4n) is 4.89. The van der Waals surface area contributed by atoms with Crippen molar-refractivity contribution in [2.45, 2.75) is 38.5 Å². The molecule has 2 aliphatic carbocycles. The minimum atomic E-state index is -0.0650. The molecule has 4 rings (SSSR count). The third kappa shape index (κ3) is 2.39. The number of hydrogen-bond donors (Lipinski definition) is 1. The summed E-state index contributed by atoms with van der Waals surface area (Å²) >= 11 is 2.11. The molecule has 0 radical (unpaired) electrons. The molecule has 3 unspecified atom stereocenters. The first kappa shape index (κ1) is 16.1. The lowest BCUT2D eigenvalue weighted by Crippen LogP contribution is -2.15. The van der Waals surface area contributed by atoms with Crippen molar-refractivity contribution in [3.05, 3.63) is 44.8 Å². The molecule has 2 aliphatic rings. The van der Waals surface area contributed by atoms with Crippen LogP contribution in [0, 0.1) is 15.5 Å². The number of carbonyl (C=O) groups is 1. The molecular formula is C19H22IN3O. The third-order valence-corrected chi connectivity index (χ3v) is 6.47.